The largest absolute Gasteiger partial charge is 0.0590 e. The summed E-state index contributed by atoms with van der Waals surface area (Å²) in [5.41, 5.74) is 4.42. The van der Waals surface area contributed by atoms with Crippen molar-refractivity contribution in [1.29, 1.82) is 0 Å². The van der Waals surface area contributed by atoms with Crippen LogP contribution in [-0.4, -0.2) is 0 Å². The van der Waals surface area contributed by atoms with E-state index in [2.05, 4.69) is 32.0 Å². The van der Waals surface area contributed by atoms with Crippen molar-refractivity contribution in [3.05, 3.63) is 34.9 Å². The summed E-state index contributed by atoms with van der Waals surface area (Å²) in [4.78, 5) is 0. The lowest BCUT2D eigenvalue weighted by Crippen LogP contribution is -1.96. The molecule has 2 rings (SSSR count). The fourth-order valence-electron chi connectivity index (χ4n) is 3.01. The third-order valence-electron chi connectivity index (χ3n) is 4.03. The molecular formula is C16H24. The van der Waals surface area contributed by atoms with Crippen molar-refractivity contribution < 1.29 is 0 Å². The summed E-state index contributed by atoms with van der Waals surface area (Å²) in [7, 11) is 0. The van der Waals surface area contributed by atoms with E-state index in [1.54, 1.807) is 5.56 Å². The van der Waals surface area contributed by atoms with Crippen LogP contribution in [0.3, 0.4) is 0 Å². The minimum Gasteiger partial charge on any atom is -0.0590 e. The van der Waals surface area contributed by atoms with Crippen LogP contribution in [0.4, 0.5) is 0 Å². The number of hydrogen-bond donors (Lipinski definition) is 0. The Bertz CT molecular complexity index is 332. The van der Waals surface area contributed by atoms with Gasteiger partial charge < -0.3 is 0 Å². The molecule has 0 heterocycles. The van der Waals surface area contributed by atoms with E-state index in [0.29, 0.717) is 0 Å². The average molecular weight is 216 g/mol. The lowest BCUT2D eigenvalue weighted by Gasteiger charge is -2.10. The standard InChI is InChI=1S/C16H24/c1-13-10-11-16(14(2)12-13)9-5-8-15-6-3-4-7-15/h10-12,15H,3-9H2,1-2H3. The SMILES string of the molecule is Cc1ccc(CCCC2CCCC2)c(C)c1. The zero-order valence-electron chi connectivity index (χ0n) is 10.8. The normalized spacial score (nSPS) is 16.9. The predicted octanol–water partition coefficient (Wildman–Crippen LogP) is 4.82. The Balaban J connectivity index is 1.80. The molecule has 1 saturated carbocycles. The highest BCUT2D eigenvalue weighted by molar-refractivity contribution is 5.30. The van der Waals surface area contributed by atoms with E-state index < -0.39 is 0 Å². The molecule has 1 aliphatic carbocycles. The lowest BCUT2D eigenvalue weighted by atomic mass is 9.96. The molecule has 0 aliphatic heterocycles. The molecule has 0 atom stereocenters. The van der Waals surface area contributed by atoms with Crippen LogP contribution in [0.25, 0.3) is 0 Å². The molecule has 0 bridgehead atoms. The molecule has 0 saturated heterocycles. The number of aryl methyl sites for hydroxylation is 3. The van der Waals surface area contributed by atoms with Crippen LogP contribution in [0.5, 0.6) is 0 Å². The molecule has 88 valence electrons. The second-order valence-electron chi connectivity index (χ2n) is 5.47. The van der Waals surface area contributed by atoms with Crippen LogP contribution in [0.15, 0.2) is 18.2 Å². The Morgan fingerprint density at radius 2 is 1.88 bits per heavy atom. The highest BCUT2D eigenvalue weighted by Gasteiger charge is 2.14. The van der Waals surface area contributed by atoms with Gasteiger partial charge in [-0.1, -0.05) is 55.9 Å². The average Bonchev–Trinajstić information content (AvgIpc) is 2.74. The predicted molar refractivity (Wildman–Crippen MR) is 70.8 cm³/mol. The quantitative estimate of drug-likeness (QED) is 0.677. The molecule has 1 aromatic rings. The summed E-state index contributed by atoms with van der Waals surface area (Å²) in [6, 6.07) is 6.88. The van der Waals surface area contributed by atoms with Gasteiger partial charge in [-0.15, -0.1) is 0 Å². The number of benzene rings is 1. The van der Waals surface area contributed by atoms with Gasteiger partial charge >= 0.3 is 0 Å². The van der Waals surface area contributed by atoms with Crippen LogP contribution in [0, 0.1) is 19.8 Å². The summed E-state index contributed by atoms with van der Waals surface area (Å²) in [6.45, 7) is 4.42. The van der Waals surface area contributed by atoms with Crippen molar-refractivity contribution >= 4 is 0 Å². The molecule has 0 aromatic heterocycles. The maximum atomic E-state index is 2.32. The van der Waals surface area contributed by atoms with Crippen molar-refractivity contribution in [1.82, 2.24) is 0 Å². The third kappa shape index (κ3) is 3.10. The van der Waals surface area contributed by atoms with E-state index in [0.717, 1.165) is 5.92 Å². The first-order valence-corrected chi connectivity index (χ1v) is 6.82. The Morgan fingerprint density at radius 1 is 1.12 bits per heavy atom. The minimum absolute atomic E-state index is 1.05. The van der Waals surface area contributed by atoms with Gasteiger partial charge in [-0.05, 0) is 43.7 Å². The van der Waals surface area contributed by atoms with Gasteiger partial charge in [0.25, 0.3) is 0 Å². The summed E-state index contributed by atoms with van der Waals surface area (Å²) in [5.74, 6) is 1.05. The van der Waals surface area contributed by atoms with Gasteiger partial charge in [-0.2, -0.15) is 0 Å². The van der Waals surface area contributed by atoms with Gasteiger partial charge in [0.1, 0.15) is 0 Å². The fourth-order valence-corrected chi connectivity index (χ4v) is 3.01. The van der Waals surface area contributed by atoms with Gasteiger partial charge in [0.05, 0.1) is 0 Å². The summed E-state index contributed by atoms with van der Waals surface area (Å²) in [6.07, 6.45) is 10.1. The third-order valence-corrected chi connectivity index (χ3v) is 4.03. The number of rotatable bonds is 4. The Morgan fingerprint density at radius 3 is 2.56 bits per heavy atom. The molecule has 1 fully saturated rings. The second kappa shape index (κ2) is 5.52. The fraction of sp³-hybridized carbons (Fsp3) is 0.625. The first-order valence-electron chi connectivity index (χ1n) is 6.82. The topological polar surface area (TPSA) is 0 Å². The molecule has 1 aliphatic rings. The first kappa shape index (κ1) is 11.7. The Hall–Kier alpha value is -0.780. The molecule has 0 radical (unpaired) electrons. The van der Waals surface area contributed by atoms with Crippen LogP contribution in [-0.2, 0) is 6.42 Å². The van der Waals surface area contributed by atoms with Crippen molar-refractivity contribution in [2.75, 3.05) is 0 Å². The maximum absolute atomic E-state index is 2.32. The van der Waals surface area contributed by atoms with Crippen LogP contribution < -0.4 is 0 Å². The van der Waals surface area contributed by atoms with Gasteiger partial charge in [0.2, 0.25) is 0 Å². The van der Waals surface area contributed by atoms with Crippen molar-refractivity contribution in [3.63, 3.8) is 0 Å². The zero-order chi connectivity index (χ0) is 11.4. The van der Waals surface area contributed by atoms with E-state index in [-0.39, 0.29) is 0 Å². The van der Waals surface area contributed by atoms with Crippen molar-refractivity contribution in [2.45, 2.75) is 58.8 Å². The van der Waals surface area contributed by atoms with Crippen molar-refractivity contribution in [3.8, 4) is 0 Å². The first-order chi connectivity index (χ1) is 7.75. The zero-order valence-corrected chi connectivity index (χ0v) is 10.8. The summed E-state index contributed by atoms with van der Waals surface area (Å²) >= 11 is 0. The molecule has 16 heavy (non-hydrogen) atoms. The molecule has 1 aromatic carbocycles. The molecule has 0 N–H and O–H groups in total. The smallest absolute Gasteiger partial charge is 0.0276 e. The molecular weight excluding hydrogens is 192 g/mol. The van der Waals surface area contributed by atoms with Crippen molar-refractivity contribution in [2.24, 2.45) is 5.92 Å². The number of hydrogen-bond acceptors (Lipinski definition) is 0. The molecule has 0 amide bonds. The van der Waals surface area contributed by atoms with Gasteiger partial charge in [-0.3, -0.25) is 0 Å². The summed E-state index contributed by atoms with van der Waals surface area (Å²) < 4.78 is 0. The van der Waals surface area contributed by atoms with E-state index in [1.165, 1.54) is 56.1 Å². The minimum atomic E-state index is 1.05. The van der Waals surface area contributed by atoms with E-state index in [4.69, 9.17) is 0 Å². The lowest BCUT2D eigenvalue weighted by molar-refractivity contribution is 0.483. The van der Waals surface area contributed by atoms with Crippen LogP contribution in [0.1, 0.15) is 55.2 Å². The Labute approximate surface area is 100 Å². The maximum Gasteiger partial charge on any atom is -0.0276 e. The molecule has 0 nitrogen and oxygen atoms in total. The van der Waals surface area contributed by atoms with E-state index in [1.807, 2.05) is 0 Å². The van der Waals surface area contributed by atoms with E-state index in [9.17, 15) is 0 Å². The molecule has 0 heteroatoms. The van der Waals surface area contributed by atoms with Gasteiger partial charge in [0, 0.05) is 0 Å². The second-order valence-corrected chi connectivity index (χ2v) is 5.47. The molecule has 0 spiro atoms. The highest BCUT2D eigenvalue weighted by Crippen LogP contribution is 2.29. The monoisotopic (exact) mass is 216 g/mol. The van der Waals surface area contributed by atoms with Gasteiger partial charge in [0.15, 0.2) is 0 Å². The molecule has 0 unspecified atom stereocenters. The summed E-state index contributed by atoms with van der Waals surface area (Å²) in [5, 5.41) is 0. The Kier molecular flexibility index (Phi) is 4.04. The van der Waals surface area contributed by atoms with E-state index >= 15 is 0 Å². The van der Waals surface area contributed by atoms with Gasteiger partial charge in [-0.25, -0.2) is 0 Å². The highest BCUT2D eigenvalue weighted by atomic mass is 14.2. The van der Waals surface area contributed by atoms with Crippen LogP contribution in [0.2, 0.25) is 0 Å². The van der Waals surface area contributed by atoms with Crippen LogP contribution >= 0.6 is 0 Å².